The van der Waals surface area contributed by atoms with Crippen molar-refractivity contribution in [2.24, 2.45) is 0 Å². The maximum atomic E-state index is 5.14. The highest BCUT2D eigenvalue weighted by molar-refractivity contribution is 7.09. The minimum absolute atomic E-state index is 0.607. The van der Waals surface area contributed by atoms with Gasteiger partial charge in [-0.1, -0.05) is 18.2 Å². The molecule has 112 valence electrons. The van der Waals surface area contributed by atoms with Gasteiger partial charge >= 0.3 is 0 Å². The van der Waals surface area contributed by atoms with Gasteiger partial charge in [-0.3, -0.25) is 4.90 Å². The zero-order chi connectivity index (χ0) is 14.7. The van der Waals surface area contributed by atoms with Crippen LogP contribution in [0.3, 0.4) is 0 Å². The van der Waals surface area contributed by atoms with Gasteiger partial charge < -0.3 is 9.64 Å². The lowest BCUT2D eigenvalue weighted by Crippen LogP contribution is -2.29. The Kier molecular flexibility index (Phi) is 4.53. The standard InChI is InChI=1S/C16H21N3OS/c1-18-7-8-19(9-13-5-3-4-6-15(13)18)10-14-12-21-16(17-14)11-20-2/h3-6,12H,7-11H2,1-2H3. The summed E-state index contributed by atoms with van der Waals surface area (Å²) in [6.07, 6.45) is 0. The minimum Gasteiger partial charge on any atom is -0.378 e. The van der Waals surface area contributed by atoms with Crippen molar-refractivity contribution in [3.05, 3.63) is 45.9 Å². The molecule has 2 heterocycles. The summed E-state index contributed by atoms with van der Waals surface area (Å²) >= 11 is 1.68. The van der Waals surface area contributed by atoms with Crippen molar-refractivity contribution < 1.29 is 4.74 Å². The second kappa shape index (κ2) is 6.56. The van der Waals surface area contributed by atoms with Crippen LogP contribution in [0, 0.1) is 0 Å². The second-order valence-corrected chi connectivity index (χ2v) is 6.37. The van der Waals surface area contributed by atoms with E-state index in [4.69, 9.17) is 4.74 Å². The Morgan fingerprint density at radius 2 is 2.14 bits per heavy atom. The first-order valence-corrected chi connectivity index (χ1v) is 8.08. The van der Waals surface area contributed by atoms with Crippen LogP contribution in [0.4, 0.5) is 5.69 Å². The van der Waals surface area contributed by atoms with Crippen LogP contribution < -0.4 is 4.90 Å². The molecule has 3 rings (SSSR count). The third-order valence-electron chi connectivity index (χ3n) is 3.80. The molecule has 4 nitrogen and oxygen atoms in total. The summed E-state index contributed by atoms with van der Waals surface area (Å²) in [4.78, 5) is 9.44. The quantitative estimate of drug-likeness (QED) is 0.868. The highest BCUT2D eigenvalue weighted by Gasteiger charge is 2.17. The summed E-state index contributed by atoms with van der Waals surface area (Å²) in [6.45, 7) is 4.60. The molecule has 21 heavy (non-hydrogen) atoms. The highest BCUT2D eigenvalue weighted by atomic mass is 32.1. The SMILES string of the molecule is COCc1nc(CN2CCN(C)c3ccccc3C2)cs1. The number of thiazole rings is 1. The lowest BCUT2D eigenvalue weighted by Gasteiger charge is -2.19. The van der Waals surface area contributed by atoms with Gasteiger partial charge in [-0.25, -0.2) is 4.98 Å². The van der Waals surface area contributed by atoms with Crippen LogP contribution in [0.5, 0.6) is 0 Å². The van der Waals surface area contributed by atoms with E-state index in [0.717, 1.165) is 36.9 Å². The number of methoxy groups -OCH3 is 1. The summed E-state index contributed by atoms with van der Waals surface area (Å²) < 4.78 is 5.14. The molecular formula is C16H21N3OS. The number of rotatable bonds is 4. The van der Waals surface area contributed by atoms with E-state index in [1.165, 1.54) is 11.3 Å². The molecule has 0 radical (unpaired) electrons. The molecule has 2 aromatic rings. The lowest BCUT2D eigenvalue weighted by atomic mass is 10.1. The van der Waals surface area contributed by atoms with Crippen molar-refractivity contribution in [1.29, 1.82) is 0 Å². The number of aromatic nitrogens is 1. The van der Waals surface area contributed by atoms with Gasteiger partial charge in [-0.05, 0) is 11.6 Å². The second-order valence-electron chi connectivity index (χ2n) is 5.43. The highest BCUT2D eigenvalue weighted by Crippen LogP contribution is 2.24. The lowest BCUT2D eigenvalue weighted by molar-refractivity contribution is 0.184. The fraction of sp³-hybridized carbons (Fsp3) is 0.438. The first kappa shape index (κ1) is 14.5. The van der Waals surface area contributed by atoms with Crippen LogP contribution in [0.2, 0.25) is 0 Å². The number of benzene rings is 1. The van der Waals surface area contributed by atoms with E-state index in [-0.39, 0.29) is 0 Å². The largest absolute Gasteiger partial charge is 0.378 e. The van der Waals surface area contributed by atoms with Crippen molar-refractivity contribution in [3.8, 4) is 0 Å². The molecule has 0 atom stereocenters. The van der Waals surface area contributed by atoms with Crippen molar-refractivity contribution in [2.75, 3.05) is 32.1 Å². The van der Waals surface area contributed by atoms with Crippen molar-refractivity contribution >= 4 is 17.0 Å². The molecule has 0 fully saturated rings. The van der Waals surface area contributed by atoms with E-state index in [9.17, 15) is 0 Å². The van der Waals surface area contributed by atoms with Crippen LogP contribution in [-0.4, -0.2) is 37.1 Å². The predicted molar refractivity (Wildman–Crippen MR) is 86.7 cm³/mol. The summed E-state index contributed by atoms with van der Waals surface area (Å²) in [5.74, 6) is 0. The fourth-order valence-corrected chi connectivity index (χ4v) is 3.48. The maximum Gasteiger partial charge on any atom is 0.119 e. The number of likely N-dealkylation sites (N-methyl/N-ethyl adjacent to an activating group) is 1. The summed E-state index contributed by atoms with van der Waals surface area (Å²) in [6, 6.07) is 8.66. The molecule has 1 aliphatic rings. The smallest absolute Gasteiger partial charge is 0.119 e. The van der Waals surface area contributed by atoms with Crippen molar-refractivity contribution in [1.82, 2.24) is 9.88 Å². The molecule has 5 heteroatoms. The molecule has 0 spiro atoms. The van der Waals surface area contributed by atoms with Gasteiger partial charge in [0.05, 0.1) is 12.3 Å². The van der Waals surface area contributed by atoms with Crippen LogP contribution in [-0.2, 0) is 24.4 Å². The van der Waals surface area contributed by atoms with Crippen LogP contribution in [0.25, 0.3) is 0 Å². The molecule has 0 saturated carbocycles. The van der Waals surface area contributed by atoms with E-state index in [1.807, 2.05) is 0 Å². The summed E-state index contributed by atoms with van der Waals surface area (Å²) in [5.41, 5.74) is 3.89. The topological polar surface area (TPSA) is 28.6 Å². The number of hydrogen-bond acceptors (Lipinski definition) is 5. The van der Waals surface area contributed by atoms with Gasteiger partial charge in [0.25, 0.3) is 0 Å². The number of hydrogen-bond donors (Lipinski definition) is 0. The predicted octanol–water partition coefficient (Wildman–Crippen LogP) is 2.74. The molecule has 0 unspecified atom stereocenters. The van der Waals surface area contributed by atoms with Crippen LogP contribution in [0.15, 0.2) is 29.6 Å². The first-order valence-electron chi connectivity index (χ1n) is 7.20. The number of nitrogens with zero attached hydrogens (tertiary/aromatic N) is 3. The van der Waals surface area contributed by atoms with E-state index >= 15 is 0 Å². The van der Waals surface area contributed by atoms with Gasteiger partial charge in [-0.2, -0.15) is 0 Å². The van der Waals surface area contributed by atoms with Crippen LogP contribution >= 0.6 is 11.3 Å². The van der Waals surface area contributed by atoms with Crippen molar-refractivity contribution in [2.45, 2.75) is 19.7 Å². The van der Waals surface area contributed by atoms with Gasteiger partial charge in [0.15, 0.2) is 0 Å². The Bertz CT molecular complexity index is 599. The number of para-hydroxylation sites is 1. The van der Waals surface area contributed by atoms with Gasteiger partial charge in [0.2, 0.25) is 0 Å². The van der Waals surface area contributed by atoms with E-state index < -0.39 is 0 Å². The first-order chi connectivity index (χ1) is 10.3. The normalized spacial score (nSPS) is 15.8. The average Bonchev–Trinajstić information content (AvgIpc) is 2.85. The zero-order valence-corrected chi connectivity index (χ0v) is 13.4. The van der Waals surface area contributed by atoms with Gasteiger partial charge in [0, 0.05) is 51.4 Å². The van der Waals surface area contributed by atoms with Crippen molar-refractivity contribution in [3.63, 3.8) is 0 Å². The Hall–Kier alpha value is -1.43. The molecule has 0 bridgehead atoms. The van der Waals surface area contributed by atoms with Gasteiger partial charge in [0.1, 0.15) is 5.01 Å². The fourth-order valence-electron chi connectivity index (χ4n) is 2.72. The third-order valence-corrected chi connectivity index (χ3v) is 4.67. The molecule has 1 aromatic heterocycles. The summed E-state index contributed by atoms with van der Waals surface area (Å²) in [5, 5.41) is 3.20. The van der Waals surface area contributed by atoms with Gasteiger partial charge in [-0.15, -0.1) is 11.3 Å². The Balaban J connectivity index is 1.72. The molecule has 0 amide bonds. The van der Waals surface area contributed by atoms with E-state index in [2.05, 4.69) is 51.5 Å². The minimum atomic E-state index is 0.607. The molecule has 0 aliphatic carbocycles. The molecule has 1 aliphatic heterocycles. The zero-order valence-electron chi connectivity index (χ0n) is 12.6. The Morgan fingerprint density at radius 1 is 1.29 bits per heavy atom. The Morgan fingerprint density at radius 3 is 3.00 bits per heavy atom. The maximum absolute atomic E-state index is 5.14. The molecule has 1 aromatic carbocycles. The third kappa shape index (κ3) is 3.43. The summed E-state index contributed by atoms with van der Waals surface area (Å²) in [7, 11) is 3.88. The number of fused-ring (bicyclic) bond motifs is 1. The van der Waals surface area contributed by atoms with E-state index in [1.54, 1.807) is 18.4 Å². The Labute approximate surface area is 130 Å². The number of ether oxygens (including phenoxy) is 1. The number of anilines is 1. The molecule has 0 N–H and O–H groups in total. The monoisotopic (exact) mass is 303 g/mol. The molecular weight excluding hydrogens is 282 g/mol. The van der Waals surface area contributed by atoms with E-state index in [0.29, 0.717) is 6.61 Å². The average molecular weight is 303 g/mol. The van der Waals surface area contributed by atoms with Crippen LogP contribution in [0.1, 0.15) is 16.3 Å². The molecule has 0 saturated heterocycles.